The highest BCUT2D eigenvalue weighted by atomic mass is 16.5. The molecule has 1 aromatic carbocycles. The summed E-state index contributed by atoms with van der Waals surface area (Å²) in [5.74, 6) is -0.511. The molecule has 0 aliphatic rings. The van der Waals surface area contributed by atoms with Crippen LogP contribution < -0.4 is 5.73 Å². The highest BCUT2D eigenvalue weighted by Crippen LogP contribution is 2.16. The average molecular weight is 257 g/mol. The molecular formula is C12H11N5O2. The second-order valence-electron chi connectivity index (χ2n) is 3.61. The zero-order chi connectivity index (χ0) is 13.8. The Bertz CT molecular complexity index is 639. The lowest BCUT2D eigenvalue weighted by molar-refractivity contribution is 0.0520. The molecule has 0 aliphatic carbocycles. The molecular weight excluding hydrogens is 246 g/mol. The fourth-order valence-electron chi connectivity index (χ4n) is 1.50. The SMILES string of the molecule is CCOC(=O)c1nnn(-c2ccc(C#N)cc2)c1N. The zero-order valence-electron chi connectivity index (χ0n) is 10.2. The number of nitrogens with two attached hydrogens (primary N) is 1. The van der Waals surface area contributed by atoms with E-state index in [1.54, 1.807) is 31.2 Å². The molecule has 0 amide bonds. The lowest BCUT2D eigenvalue weighted by Crippen LogP contribution is -2.09. The average Bonchev–Trinajstić information content (AvgIpc) is 2.81. The molecule has 19 heavy (non-hydrogen) atoms. The third-order valence-electron chi connectivity index (χ3n) is 2.41. The zero-order valence-corrected chi connectivity index (χ0v) is 10.2. The van der Waals surface area contributed by atoms with Crippen molar-refractivity contribution in [1.29, 1.82) is 5.26 Å². The van der Waals surface area contributed by atoms with Gasteiger partial charge in [-0.1, -0.05) is 5.21 Å². The Morgan fingerprint density at radius 2 is 2.16 bits per heavy atom. The Kier molecular flexibility index (Phi) is 3.43. The number of hydrogen-bond donors (Lipinski definition) is 1. The second kappa shape index (κ2) is 5.18. The number of rotatable bonds is 3. The number of carbonyl (C=O) groups is 1. The molecule has 2 N–H and O–H groups in total. The van der Waals surface area contributed by atoms with E-state index in [2.05, 4.69) is 10.3 Å². The molecule has 0 saturated carbocycles. The van der Waals surface area contributed by atoms with E-state index < -0.39 is 5.97 Å². The van der Waals surface area contributed by atoms with Gasteiger partial charge in [-0.2, -0.15) is 9.94 Å². The summed E-state index contributed by atoms with van der Waals surface area (Å²) in [7, 11) is 0. The summed E-state index contributed by atoms with van der Waals surface area (Å²) < 4.78 is 6.13. The second-order valence-corrected chi connectivity index (χ2v) is 3.61. The largest absolute Gasteiger partial charge is 0.461 e. The quantitative estimate of drug-likeness (QED) is 0.818. The van der Waals surface area contributed by atoms with Crippen LogP contribution in [0.5, 0.6) is 0 Å². The minimum absolute atomic E-state index is 0.0220. The molecule has 0 spiro atoms. The fraction of sp³-hybridized carbons (Fsp3) is 0.167. The Hall–Kier alpha value is -2.88. The maximum absolute atomic E-state index is 11.5. The minimum atomic E-state index is -0.611. The van der Waals surface area contributed by atoms with Gasteiger partial charge < -0.3 is 10.5 Å². The highest BCUT2D eigenvalue weighted by Gasteiger charge is 2.19. The fourth-order valence-corrected chi connectivity index (χ4v) is 1.50. The lowest BCUT2D eigenvalue weighted by atomic mass is 10.2. The monoisotopic (exact) mass is 257 g/mol. The first-order chi connectivity index (χ1) is 9.17. The molecule has 96 valence electrons. The molecule has 2 aromatic rings. The Balaban J connectivity index is 2.36. The van der Waals surface area contributed by atoms with Crippen LogP contribution in [-0.2, 0) is 4.74 Å². The number of esters is 1. The molecule has 1 heterocycles. The molecule has 0 aliphatic heterocycles. The number of nitrogen functional groups attached to an aromatic ring is 1. The van der Waals surface area contributed by atoms with E-state index in [-0.39, 0.29) is 18.1 Å². The molecule has 0 radical (unpaired) electrons. The van der Waals surface area contributed by atoms with Crippen molar-refractivity contribution in [1.82, 2.24) is 15.0 Å². The van der Waals surface area contributed by atoms with Gasteiger partial charge in [0, 0.05) is 0 Å². The van der Waals surface area contributed by atoms with Crippen LogP contribution in [0, 0.1) is 11.3 Å². The Morgan fingerprint density at radius 3 is 2.74 bits per heavy atom. The first-order valence-corrected chi connectivity index (χ1v) is 5.56. The Morgan fingerprint density at radius 1 is 1.47 bits per heavy atom. The summed E-state index contributed by atoms with van der Waals surface area (Å²) in [6.45, 7) is 1.93. The third kappa shape index (κ3) is 2.37. The third-order valence-corrected chi connectivity index (χ3v) is 2.41. The van der Waals surface area contributed by atoms with Gasteiger partial charge in [-0.05, 0) is 31.2 Å². The smallest absolute Gasteiger partial charge is 0.362 e. The predicted octanol–water partition coefficient (Wildman–Crippen LogP) is 0.898. The van der Waals surface area contributed by atoms with Gasteiger partial charge in [-0.3, -0.25) is 0 Å². The van der Waals surface area contributed by atoms with Crippen molar-refractivity contribution in [3.8, 4) is 11.8 Å². The van der Waals surface area contributed by atoms with Gasteiger partial charge in [0.25, 0.3) is 0 Å². The van der Waals surface area contributed by atoms with Gasteiger partial charge >= 0.3 is 5.97 Å². The van der Waals surface area contributed by atoms with Crippen molar-refractivity contribution in [3.05, 3.63) is 35.5 Å². The van der Waals surface area contributed by atoms with Crippen molar-refractivity contribution in [3.63, 3.8) is 0 Å². The van der Waals surface area contributed by atoms with E-state index in [0.717, 1.165) is 0 Å². The number of nitriles is 1. The molecule has 0 unspecified atom stereocenters. The number of hydrogen-bond acceptors (Lipinski definition) is 6. The number of ether oxygens (including phenoxy) is 1. The van der Waals surface area contributed by atoms with E-state index in [4.69, 9.17) is 15.7 Å². The number of benzene rings is 1. The maximum atomic E-state index is 11.5. The standard InChI is InChI=1S/C12H11N5O2/c1-2-19-12(18)10-11(14)17(16-15-10)9-5-3-8(7-13)4-6-9/h3-6H,2,14H2,1H3. The highest BCUT2D eigenvalue weighted by molar-refractivity contribution is 5.92. The van der Waals surface area contributed by atoms with Gasteiger partial charge in [0.1, 0.15) is 0 Å². The van der Waals surface area contributed by atoms with E-state index in [1.165, 1.54) is 4.68 Å². The van der Waals surface area contributed by atoms with Crippen LogP contribution in [0.4, 0.5) is 5.82 Å². The van der Waals surface area contributed by atoms with Crippen molar-refractivity contribution in [2.45, 2.75) is 6.92 Å². The van der Waals surface area contributed by atoms with Gasteiger partial charge in [0.2, 0.25) is 5.69 Å². The summed E-state index contributed by atoms with van der Waals surface area (Å²) in [5, 5.41) is 16.2. The van der Waals surface area contributed by atoms with Crippen LogP contribution >= 0.6 is 0 Å². The van der Waals surface area contributed by atoms with Crippen LogP contribution in [0.2, 0.25) is 0 Å². The van der Waals surface area contributed by atoms with Crippen molar-refractivity contribution in [2.24, 2.45) is 0 Å². The molecule has 7 heteroatoms. The predicted molar refractivity (Wildman–Crippen MR) is 66.4 cm³/mol. The summed E-state index contributed by atoms with van der Waals surface area (Å²) in [4.78, 5) is 11.5. The van der Waals surface area contributed by atoms with Crippen LogP contribution in [0.25, 0.3) is 5.69 Å². The van der Waals surface area contributed by atoms with Crippen molar-refractivity contribution < 1.29 is 9.53 Å². The van der Waals surface area contributed by atoms with Gasteiger partial charge in [0.05, 0.1) is 23.9 Å². The molecule has 1 aromatic heterocycles. The topological polar surface area (TPSA) is 107 Å². The summed E-state index contributed by atoms with van der Waals surface area (Å²) in [5.41, 5.74) is 6.92. The normalized spacial score (nSPS) is 9.89. The minimum Gasteiger partial charge on any atom is -0.461 e. The van der Waals surface area contributed by atoms with Crippen molar-refractivity contribution in [2.75, 3.05) is 12.3 Å². The van der Waals surface area contributed by atoms with Crippen LogP contribution in [0.15, 0.2) is 24.3 Å². The first kappa shape index (κ1) is 12.6. The number of anilines is 1. The van der Waals surface area contributed by atoms with E-state index in [1.807, 2.05) is 6.07 Å². The molecule has 7 nitrogen and oxygen atoms in total. The van der Waals surface area contributed by atoms with Crippen molar-refractivity contribution >= 4 is 11.8 Å². The van der Waals surface area contributed by atoms with Gasteiger partial charge in [0.15, 0.2) is 5.82 Å². The molecule has 2 rings (SSSR count). The lowest BCUT2D eigenvalue weighted by Gasteiger charge is -2.03. The van der Waals surface area contributed by atoms with Crippen LogP contribution in [-0.4, -0.2) is 27.6 Å². The Labute approximate surface area is 109 Å². The molecule has 0 fully saturated rings. The summed E-state index contributed by atoms with van der Waals surface area (Å²) in [6, 6.07) is 8.59. The first-order valence-electron chi connectivity index (χ1n) is 5.56. The summed E-state index contributed by atoms with van der Waals surface area (Å²) in [6.07, 6.45) is 0. The molecule has 0 bridgehead atoms. The van der Waals surface area contributed by atoms with Crippen LogP contribution in [0.1, 0.15) is 23.0 Å². The number of nitrogens with zero attached hydrogens (tertiary/aromatic N) is 4. The number of aromatic nitrogens is 3. The maximum Gasteiger partial charge on any atom is 0.362 e. The van der Waals surface area contributed by atoms with E-state index in [9.17, 15) is 4.79 Å². The van der Waals surface area contributed by atoms with Crippen LogP contribution in [0.3, 0.4) is 0 Å². The van der Waals surface area contributed by atoms with E-state index in [0.29, 0.717) is 11.3 Å². The van der Waals surface area contributed by atoms with E-state index >= 15 is 0 Å². The van der Waals surface area contributed by atoms with Gasteiger partial charge in [-0.15, -0.1) is 5.10 Å². The molecule has 0 saturated heterocycles. The number of carbonyl (C=O) groups excluding carboxylic acids is 1. The van der Waals surface area contributed by atoms with Gasteiger partial charge in [-0.25, -0.2) is 4.79 Å². The summed E-state index contributed by atoms with van der Waals surface area (Å²) >= 11 is 0. The molecule has 0 atom stereocenters.